The molecule has 0 radical (unpaired) electrons. The van der Waals surface area contributed by atoms with Gasteiger partial charge in [-0.2, -0.15) is 0 Å². The van der Waals surface area contributed by atoms with Gasteiger partial charge in [0.25, 0.3) is 11.8 Å². The zero-order valence-electron chi connectivity index (χ0n) is 19.3. The SMILES string of the molecule is O=C(COc1ccc(Cl)cc1)NC12CCC(NC(=O)COc3ccc4c(c3)OC(F)(F)O4)(CC1)CC2. The minimum atomic E-state index is -3.71. The highest BCUT2D eigenvalue weighted by Gasteiger charge is 2.50. The molecule has 2 N–H and O–H groups in total. The average molecular weight is 523 g/mol. The van der Waals surface area contributed by atoms with Gasteiger partial charge in [-0.25, -0.2) is 0 Å². The topological polar surface area (TPSA) is 95.1 Å². The van der Waals surface area contributed by atoms with Crippen LogP contribution in [0.1, 0.15) is 38.5 Å². The first-order valence-corrected chi connectivity index (χ1v) is 12.0. The van der Waals surface area contributed by atoms with Crippen LogP contribution >= 0.6 is 11.6 Å². The molecular formula is C25H25ClF2N2O6. The largest absolute Gasteiger partial charge is 0.586 e. The number of rotatable bonds is 8. The molecule has 1 heterocycles. The molecule has 11 heteroatoms. The van der Waals surface area contributed by atoms with E-state index >= 15 is 0 Å². The lowest BCUT2D eigenvalue weighted by molar-refractivity contribution is -0.286. The van der Waals surface area contributed by atoms with E-state index in [0.717, 1.165) is 38.5 Å². The summed E-state index contributed by atoms with van der Waals surface area (Å²) in [6, 6.07) is 10.8. The van der Waals surface area contributed by atoms with Crippen molar-refractivity contribution in [3.8, 4) is 23.0 Å². The molecule has 1 aliphatic heterocycles. The Morgan fingerprint density at radius 2 is 1.25 bits per heavy atom. The summed E-state index contributed by atoms with van der Waals surface area (Å²) in [5, 5.41) is 6.83. The molecule has 36 heavy (non-hydrogen) atoms. The number of benzene rings is 2. The van der Waals surface area contributed by atoms with E-state index < -0.39 is 6.29 Å². The Balaban J connectivity index is 1.07. The van der Waals surface area contributed by atoms with Gasteiger partial charge in [0.15, 0.2) is 24.7 Å². The van der Waals surface area contributed by atoms with E-state index in [1.54, 1.807) is 24.3 Å². The lowest BCUT2D eigenvalue weighted by Crippen LogP contribution is -2.64. The fourth-order valence-electron chi connectivity index (χ4n) is 5.07. The van der Waals surface area contributed by atoms with Crippen molar-refractivity contribution < 1.29 is 37.3 Å². The lowest BCUT2D eigenvalue weighted by atomic mass is 9.61. The predicted octanol–water partition coefficient (Wildman–Crippen LogP) is 4.20. The Morgan fingerprint density at radius 3 is 1.81 bits per heavy atom. The Morgan fingerprint density at radius 1 is 0.778 bits per heavy atom. The number of alkyl halides is 2. The van der Waals surface area contributed by atoms with Crippen LogP contribution in [0.15, 0.2) is 42.5 Å². The van der Waals surface area contributed by atoms with E-state index in [0.29, 0.717) is 10.8 Å². The van der Waals surface area contributed by atoms with Crippen LogP contribution in [0.25, 0.3) is 0 Å². The van der Waals surface area contributed by atoms with Gasteiger partial charge in [0.1, 0.15) is 11.5 Å². The number of halogens is 3. The van der Waals surface area contributed by atoms with Crippen LogP contribution in [0.2, 0.25) is 5.02 Å². The van der Waals surface area contributed by atoms with Gasteiger partial charge in [-0.3, -0.25) is 9.59 Å². The number of hydrogen-bond acceptors (Lipinski definition) is 6. The molecule has 2 bridgehead atoms. The fraction of sp³-hybridized carbons (Fsp3) is 0.440. The Kier molecular flexibility index (Phi) is 6.32. The first-order chi connectivity index (χ1) is 17.1. The molecule has 0 aromatic heterocycles. The Labute approximate surface area is 211 Å². The van der Waals surface area contributed by atoms with Crippen LogP contribution in [-0.4, -0.2) is 42.4 Å². The smallest absolute Gasteiger partial charge is 0.484 e. The summed E-state index contributed by atoms with van der Waals surface area (Å²) in [6.07, 6.45) is 0.728. The zero-order valence-corrected chi connectivity index (χ0v) is 20.0. The minimum Gasteiger partial charge on any atom is -0.484 e. The standard InChI is InChI=1S/C25H25ClF2N2O6/c26-16-1-3-17(4-2-16)33-14-21(31)29-23-7-10-24(11-8-23,12-9-23)30-22(32)15-34-18-5-6-19-20(13-18)36-25(27,28)35-19/h1-6,13H,7-12,14-15H2,(H,29,31)(H,30,32). The van der Waals surface area contributed by atoms with Crippen LogP contribution in [0.3, 0.4) is 0 Å². The number of hydrogen-bond donors (Lipinski definition) is 2. The molecular weight excluding hydrogens is 498 g/mol. The third kappa shape index (κ3) is 5.43. The molecule has 0 spiro atoms. The molecule has 3 aliphatic carbocycles. The first-order valence-electron chi connectivity index (χ1n) is 11.7. The summed E-state index contributed by atoms with van der Waals surface area (Å²) in [5.74, 6) is 0.0748. The maximum atomic E-state index is 13.2. The van der Waals surface area contributed by atoms with Crippen LogP contribution < -0.4 is 29.6 Å². The van der Waals surface area contributed by atoms with E-state index in [1.165, 1.54) is 18.2 Å². The van der Waals surface area contributed by atoms with Gasteiger partial charge in [-0.05, 0) is 74.9 Å². The Hall–Kier alpha value is -3.27. The summed E-state index contributed by atoms with van der Waals surface area (Å²) >= 11 is 5.86. The van der Waals surface area contributed by atoms with Crippen molar-refractivity contribution in [1.82, 2.24) is 10.6 Å². The number of ether oxygens (including phenoxy) is 4. The molecule has 0 saturated heterocycles. The normalized spacial score (nSPS) is 25.2. The number of amides is 2. The third-order valence-corrected chi connectivity index (χ3v) is 7.23. The van der Waals surface area contributed by atoms with Crippen molar-refractivity contribution in [3.05, 3.63) is 47.5 Å². The van der Waals surface area contributed by atoms with Gasteiger partial charge in [-0.15, -0.1) is 8.78 Å². The van der Waals surface area contributed by atoms with E-state index in [4.69, 9.17) is 21.1 Å². The van der Waals surface area contributed by atoms with Crippen LogP contribution in [-0.2, 0) is 9.59 Å². The van der Waals surface area contributed by atoms with Gasteiger partial charge < -0.3 is 29.6 Å². The molecule has 8 nitrogen and oxygen atoms in total. The predicted molar refractivity (Wildman–Crippen MR) is 125 cm³/mol. The van der Waals surface area contributed by atoms with Crippen molar-refractivity contribution in [1.29, 1.82) is 0 Å². The molecule has 2 aromatic carbocycles. The number of carbonyl (C=O) groups excluding carboxylic acids is 2. The second-order valence-corrected chi connectivity index (χ2v) is 9.90. The zero-order chi connectivity index (χ0) is 25.4. The minimum absolute atomic E-state index is 0.0832. The summed E-state index contributed by atoms with van der Waals surface area (Å²) in [6.45, 7) is -0.345. The van der Waals surface area contributed by atoms with Crippen LogP contribution in [0, 0.1) is 0 Å². The third-order valence-electron chi connectivity index (χ3n) is 6.98. The highest BCUT2D eigenvalue weighted by Crippen LogP contribution is 2.47. The van der Waals surface area contributed by atoms with Gasteiger partial charge in [0.2, 0.25) is 0 Å². The molecule has 0 unspecified atom stereocenters. The molecule has 192 valence electrons. The van der Waals surface area contributed by atoms with Crippen molar-refractivity contribution >= 4 is 23.4 Å². The molecule has 3 saturated carbocycles. The summed E-state index contributed by atoms with van der Waals surface area (Å²) < 4.78 is 46.1. The molecule has 2 aromatic rings. The van der Waals surface area contributed by atoms with Gasteiger partial charge in [0.05, 0.1) is 0 Å². The molecule has 0 atom stereocenters. The quantitative estimate of drug-likeness (QED) is 0.540. The van der Waals surface area contributed by atoms with E-state index in [1.807, 2.05) is 0 Å². The highest BCUT2D eigenvalue weighted by atomic mass is 35.5. The van der Waals surface area contributed by atoms with E-state index in [9.17, 15) is 18.4 Å². The van der Waals surface area contributed by atoms with Crippen molar-refractivity contribution in [2.24, 2.45) is 0 Å². The van der Waals surface area contributed by atoms with Gasteiger partial charge >= 0.3 is 6.29 Å². The highest BCUT2D eigenvalue weighted by molar-refractivity contribution is 6.30. The summed E-state index contributed by atoms with van der Waals surface area (Å²) in [5.41, 5.74) is -0.637. The summed E-state index contributed by atoms with van der Waals surface area (Å²) in [7, 11) is 0. The maximum absolute atomic E-state index is 13.2. The van der Waals surface area contributed by atoms with Crippen LogP contribution in [0.4, 0.5) is 8.78 Å². The van der Waals surface area contributed by atoms with Gasteiger partial charge in [0, 0.05) is 22.2 Å². The number of nitrogens with one attached hydrogen (secondary N) is 2. The van der Waals surface area contributed by atoms with Crippen molar-refractivity contribution in [2.45, 2.75) is 55.9 Å². The van der Waals surface area contributed by atoms with Crippen LogP contribution in [0.5, 0.6) is 23.0 Å². The van der Waals surface area contributed by atoms with Gasteiger partial charge in [-0.1, -0.05) is 11.6 Å². The first kappa shape index (κ1) is 24.4. The lowest BCUT2D eigenvalue weighted by Gasteiger charge is -2.53. The maximum Gasteiger partial charge on any atom is 0.586 e. The molecule has 3 fully saturated rings. The fourth-order valence-corrected chi connectivity index (χ4v) is 5.20. The number of carbonyl (C=O) groups is 2. The van der Waals surface area contributed by atoms with Crippen molar-refractivity contribution in [2.75, 3.05) is 13.2 Å². The van der Waals surface area contributed by atoms with Crippen molar-refractivity contribution in [3.63, 3.8) is 0 Å². The van der Waals surface area contributed by atoms with E-state index in [-0.39, 0.29) is 53.4 Å². The second-order valence-electron chi connectivity index (χ2n) is 9.46. The summed E-state index contributed by atoms with van der Waals surface area (Å²) in [4.78, 5) is 25.1. The van der Waals surface area contributed by atoms with E-state index in [2.05, 4.69) is 20.1 Å². The molecule has 4 aliphatic rings. The second kappa shape index (κ2) is 9.31. The average Bonchev–Trinajstić information content (AvgIpc) is 3.16. The molecule has 6 rings (SSSR count). The molecule has 2 amide bonds. The number of fused-ring (bicyclic) bond motifs is 4. The monoisotopic (exact) mass is 522 g/mol. The Bertz CT molecular complexity index is 1140.